The van der Waals surface area contributed by atoms with Crippen LogP contribution in [0.15, 0.2) is 23.7 Å². The monoisotopic (exact) mass is 488 g/mol. The Balaban J connectivity index is 0.00000261. The second-order valence-electron chi connectivity index (χ2n) is 8.18. The van der Waals surface area contributed by atoms with Crippen LogP contribution < -0.4 is 5.32 Å². The lowest BCUT2D eigenvalue weighted by atomic mass is 9.93. The molecule has 27 heavy (non-hydrogen) atoms. The molecule has 2 fully saturated rings. The van der Waals surface area contributed by atoms with Gasteiger partial charge in [0.1, 0.15) is 0 Å². The highest BCUT2D eigenvalue weighted by Gasteiger charge is 2.29. The van der Waals surface area contributed by atoms with Crippen molar-refractivity contribution in [3.63, 3.8) is 0 Å². The molecule has 7 heteroatoms. The first kappa shape index (κ1) is 22.5. The molecular formula is C20H37IN6. The van der Waals surface area contributed by atoms with E-state index < -0.39 is 0 Å². The standard InChI is InChI=1S/C20H36N6.HI/c1-17(14-24-9-5-4-6-10-24)13-23-20(21-3)25-11-7-18(2)19(15-25)26-12-8-22-16-26;/h8,12,16-19H,4-7,9-11,13-15H2,1-3H3,(H,21,23);1H. The molecule has 0 aliphatic carbocycles. The Morgan fingerprint density at radius 1 is 1.26 bits per heavy atom. The highest BCUT2D eigenvalue weighted by molar-refractivity contribution is 14.0. The van der Waals surface area contributed by atoms with Gasteiger partial charge >= 0.3 is 0 Å². The molecule has 1 N–H and O–H groups in total. The lowest BCUT2D eigenvalue weighted by molar-refractivity contribution is 0.185. The maximum Gasteiger partial charge on any atom is 0.193 e. The number of likely N-dealkylation sites (tertiary alicyclic amines) is 2. The molecule has 2 saturated heterocycles. The molecule has 0 bridgehead atoms. The van der Waals surface area contributed by atoms with Crippen LogP contribution in [0.1, 0.15) is 45.6 Å². The average Bonchev–Trinajstić information content (AvgIpc) is 3.18. The van der Waals surface area contributed by atoms with Gasteiger partial charge in [-0.05, 0) is 44.2 Å². The third kappa shape index (κ3) is 6.34. The van der Waals surface area contributed by atoms with Crippen molar-refractivity contribution in [2.75, 3.05) is 46.3 Å². The number of nitrogens with zero attached hydrogens (tertiary/aromatic N) is 5. The van der Waals surface area contributed by atoms with Crippen LogP contribution in [-0.2, 0) is 0 Å². The molecule has 2 aliphatic rings. The van der Waals surface area contributed by atoms with Crippen molar-refractivity contribution < 1.29 is 0 Å². The Morgan fingerprint density at radius 3 is 2.70 bits per heavy atom. The van der Waals surface area contributed by atoms with Gasteiger partial charge in [-0.2, -0.15) is 0 Å². The minimum Gasteiger partial charge on any atom is -0.356 e. The van der Waals surface area contributed by atoms with Gasteiger partial charge in [0.25, 0.3) is 0 Å². The highest BCUT2D eigenvalue weighted by atomic mass is 127. The van der Waals surface area contributed by atoms with E-state index in [0.29, 0.717) is 17.9 Å². The molecule has 0 amide bonds. The molecule has 0 saturated carbocycles. The van der Waals surface area contributed by atoms with Crippen molar-refractivity contribution in [3.05, 3.63) is 18.7 Å². The minimum atomic E-state index is 0. The first-order valence-corrected chi connectivity index (χ1v) is 10.3. The van der Waals surface area contributed by atoms with Gasteiger partial charge in [0, 0.05) is 45.6 Å². The van der Waals surface area contributed by atoms with Gasteiger partial charge in [0.05, 0.1) is 12.4 Å². The molecular weight excluding hydrogens is 451 g/mol. The molecule has 1 aromatic heterocycles. The molecule has 3 heterocycles. The highest BCUT2D eigenvalue weighted by Crippen LogP contribution is 2.27. The van der Waals surface area contributed by atoms with Crippen molar-refractivity contribution in [2.24, 2.45) is 16.8 Å². The van der Waals surface area contributed by atoms with Gasteiger partial charge in [-0.3, -0.25) is 4.99 Å². The number of aromatic nitrogens is 2. The number of rotatable bonds is 5. The van der Waals surface area contributed by atoms with E-state index >= 15 is 0 Å². The van der Waals surface area contributed by atoms with Crippen LogP contribution in [0.2, 0.25) is 0 Å². The lowest BCUT2D eigenvalue weighted by Crippen LogP contribution is -2.50. The zero-order chi connectivity index (χ0) is 18.4. The number of hydrogen-bond donors (Lipinski definition) is 1. The summed E-state index contributed by atoms with van der Waals surface area (Å²) < 4.78 is 2.25. The van der Waals surface area contributed by atoms with Gasteiger partial charge in [-0.25, -0.2) is 4.98 Å². The topological polar surface area (TPSA) is 48.7 Å². The summed E-state index contributed by atoms with van der Waals surface area (Å²) in [5.41, 5.74) is 0. The zero-order valence-corrected chi connectivity index (χ0v) is 19.5. The van der Waals surface area contributed by atoms with Crippen LogP contribution in [0, 0.1) is 11.8 Å². The molecule has 0 spiro atoms. The van der Waals surface area contributed by atoms with Crippen molar-refractivity contribution in [3.8, 4) is 0 Å². The molecule has 154 valence electrons. The molecule has 0 aromatic carbocycles. The van der Waals surface area contributed by atoms with Gasteiger partial charge in [-0.1, -0.05) is 20.3 Å². The van der Waals surface area contributed by atoms with Crippen LogP contribution in [0.5, 0.6) is 0 Å². The number of aliphatic imine (C=N–C) groups is 1. The minimum absolute atomic E-state index is 0. The van der Waals surface area contributed by atoms with Gasteiger partial charge < -0.3 is 19.7 Å². The van der Waals surface area contributed by atoms with E-state index in [0.717, 1.165) is 25.6 Å². The Labute approximate surface area is 181 Å². The van der Waals surface area contributed by atoms with Crippen LogP contribution in [-0.4, -0.2) is 71.6 Å². The van der Waals surface area contributed by atoms with E-state index in [1.165, 1.54) is 45.3 Å². The largest absolute Gasteiger partial charge is 0.356 e. The number of imidazole rings is 1. The fourth-order valence-electron chi connectivity index (χ4n) is 4.34. The van der Waals surface area contributed by atoms with E-state index in [-0.39, 0.29) is 24.0 Å². The Hall–Kier alpha value is -0.830. The van der Waals surface area contributed by atoms with Gasteiger partial charge in [0.2, 0.25) is 0 Å². The van der Waals surface area contributed by atoms with E-state index in [2.05, 4.69) is 49.7 Å². The summed E-state index contributed by atoms with van der Waals surface area (Å²) in [6.07, 6.45) is 11.2. The van der Waals surface area contributed by atoms with E-state index in [9.17, 15) is 0 Å². The summed E-state index contributed by atoms with van der Waals surface area (Å²) in [6, 6.07) is 0.468. The predicted octanol–water partition coefficient (Wildman–Crippen LogP) is 3.08. The number of piperidine rings is 2. The Bertz CT molecular complexity index is 555. The number of guanidine groups is 1. The quantitative estimate of drug-likeness (QED) is 0.393. The van der Waals surface area contributed by atoms with Crippen LogP contribution >= 0.6 is 24.0 Å². The lowest BCUT2D eigenvalue weighted by Gasteiger charge is -2.39. The molecule has 1 aromatic rings. The second kappa shape index (κ2) is 11.2. The van der Waals surface area contributed by atoms with E-state index in [1.54, 1.807) is 0 Å². The Morgan fingerprint density at radius 2 is 2.04 bits per heavy atom. The van der Waals surface area contributed by atoms with Crippen LogP contribution in [0.25, 0.3) is 0 Å². The first-order chi connectivity index (χ1) is 12.7. The zero-order valence-electron chi connectivity index (χ0n) is 17.2. The van der Waals surface area contributed by atoms with E-state index in [4.69, 9.17) is 0 Å². The van der Waals surface area contributed by atoms with Crippen LogP contribution in [0.4, 0.5) is 0 Å². The summed E-state index contributed by atoms with van der Waals surface area (Å²) in [6.45, 7) is 11.5. The van der Waals surface area contributed by atoms with Gasteiger partial charge in [-0.15, -0.1) is 24.0 Å². The van der Waals surface area contributed by atoms with Crippen molar-refractivity contribution in [2.45, 2.75) is 45.6 Å². The maximum absolute atomic E-state index is 4.56. The molecule has 3 atom stereocenters. The average molecular weight is 488 g/mol. The first-order valence-electron chi connectivity index (χ1n) is 10.3. The molecule has 3 rings (SSSR count). The van der Waals surface area contributed by atoms with Crippen LogP contribution in [0.3, 0.4) is 0 Å². The summed E-state index contributed by atoms with van der Waals surface area (Å²) in [4.78, 5) is 13.8. The predicted molar refractivity (Wildman–Crippen MR) is 123 cm³/mol. The summed E-state index contributed by atoms with van der Waals surface area (Å²) in [7, 11) is 1.90. The van der Waals surface area contributed by atoms with Gasteiger partial charge in [0.15, 0.2) is 5.96 Å². The van der Waals surface area contributed by atoms with Crippen molar-refractivity contribution in [1.29, 1.82) is 0 Å². The third-order valence-electron chi connectivity index (χ3n) is 5.97. The second-order valence-corrected chi connectivity index (χ2v) is 8.18. The normalized spacial score (nSPS) is 25.7. The summed E-state index contributed by atoms with van der Waals surface area (Å²) in [5, 5.41) is 3.63. The molecule has 2 aliphatic heterocycles. The number of hydrogen-bond acceptors (Lipinski definition) is 3. The van der Waals surface area contributed by atoms with E-state index in [1.807, 2.05) is 19.6 Å². The Kier molecular flexibility index (Phi) is 9.35. The molecule has 6 nitrogen and oxygen atoms in total. The van der Waals surface area contributed by atoms with Crippen molar-refractivity contribution in [1.82, 2.24) is 24.7 Å². The van der Waals surface area contributed by atoms with Crippen molar-refractivity contribution >= 4 is 29.9 Å². The fourth-order valence-corrected chi connectivity index (χ4v) is 4.34. The SMILES string of the molecule is CN=C(NCC(C)CN1CCCCC1)N1CCC(C)C(n2ccnc2)C1.I. The number of halogens is 1. The molecule has 0 radical (unpaired) electrons. The smallest absolute Gasteiger partial charge is 0.193 e. The fraction of sp³-hybridized carbons (Fsp3) is 0.800. The summed E-state index contributed by atoms with van der Waals surface area (Å²) in [5.74, 6) is 2.35. The maximum atomic E-state index is 4.56. The summed E-state index contributed by atoms with van der Waals surface area (Å²) >= 11 is 0. The number of nitrogens with one attached hydrogen (secondary N) is 1. The molecule has 3 unspecified atom stereocenters. The third-order valence-corrected chi connectivity index (χ3v) is 5.97.